The summed E-state index contributed by atoms with van der Waals surface area (Å²) < 4.78 is 4.82. The number of rotatable bonds is 18. The molecule has 0 bridgehead atoms. The minimum atomic E-state index is -0.742. The number of hydrogen-bond acceptors (Lipinski definition) is 4. The van der Waals surface area contributed by atoms with Gasteiger partial charge in [-0.25, -0.2) is 4.79 Å². The van der Waals surface area contributed by atoms with E-state index in [0.29, 0.717) is 19.3 Å². The van der Waals surface area contributed by atoms with Crippen molar-refractivity contribution in [2.45, 2.75) is 83.6 Å². The summed E-state index contributed by atoms with van der Waals surface area (Å²) in [6, 6.07) is 5.81. The van der Waals surface area contributed by atoms with E-state index in [1.165, 1.54) is 32.8 Å². The zero-order valence-electron chi connectivity index (χ0n) is 21.5. The number of phenolic OH excluding ortho intramolecular Hbond substituents is 1. The van der Waals surface area contributed by atoms with Crippen LogP contribution in [0.1, 0.15) is 76.7 Å². The predicted octanol–water partition coefficient (Wildman–Crippen LogP) is 6.74. The molecule has 2 N–H and O–H groups in total. The smallest absolute Gasteiger partial charge is 0.328 e. The van der Waals surface area contributed by atoms with Gasteiger partial charge in [0.2, 0.25) is 5.91 Å². The molecule has 0 fully saturated rings. The van der Waals surface area contributed by atoms with Crippen LogP contribution in [0.2, 0.25) is 0 Å². The third-order valence-electron chi connectivity index (χ3n) is 5.43. The molecule has 0 aliphatic rings. The first kappa shape index (κ1) is 30.0. The minimum Gasteiger partial charge on any atom is -0.508 e. The number of aromatic hydroxyl groups is 1. The highest BCUT2D eigenvalue weighted by atomic mass is 16.5. The van der Waals surface area contributed by atoms with Gasteiger partial charge < -0.3 is 15.2 Å². The molecule has 0 aliphatic carbocycles. The van der Waals surface area contributed by atoms with Crippen LogP contribution >= 0.6 is 0 Å². The lowest BCUT2D eigenvalue weighted by Crippen LogP contribution is -2.43. The first-order chi connectivity index (χ1) is 17.1. The summed E-state index contributed by atoms with van der Waals surface area (Å²) in [5, 5.41) is 12.2. The molecule has 0 aliphatic heterocycles. The largest absolute Gasteiger partial charge is 0.508 e. The van der Waals surface area contributed by atoms with E-state index in [2.05, 4.69) is 60.8 Å². The molecule has 35 heavy (non-hydrogen) atoms. The number of methoxy groups -OCH3 is 1. The fourth-order valence-corrected chi connectivity index (χ4v) is 3.41. The van der Waals surface area contributed by atoms with Gasteiger partial charge in [0.25, 0.3) is 0 Å². The first-order valence-corrected chi connectivity index (χ1v) is 12.8. The van der Waals surface area contributed by atoms with E-state index in [1.54, 1.807) is 24.3 Å². The summed E-state index contributed by atoms with van der Waals surface area (Å²) in [6.07, 6.45) is 27.5. The van der Waals surface area contributed by atoms with Gasteiger partial charge in [-0.2, -0.15) is 0 Å². The molecule has 0 unspecified atom stereocenters. The Bertz CT molecular complexity index is 821. The van der Waals surface area contributed by atoms with Gasteiger partial charge in [-0.15, -0.1) is 0 Å². The van der Waals surface area contributed by atoms with Crippen molar-refractivity contribution < 1.29 is 19.4 Å². The van der Waals surface area contributed by atoms with Crippen LogP contribution in [-0.2, 0) is 20.7 Å². The molecule has 1 rings (SSSR count). The minimum absolute atomic E-state index is 0.157. The van der Waals surface area contributed by atoms with Crippen LogP contribution in [-0.4, -0.2) is 30.1 Å². The van der Waals surface area contributed by atoms with E-state index in [9.17, 15) is 14.7 Å². The second-order valence-corrected chi connectivity index (χ2v) is 8.49. The van der Waals surface area contributed by atoms with E-state index in [0.717, 1.165) is 31.2 Å². The van der Waals surface area contributed by atoms with Gasteiger partial charge in [0.05, 0.1) is 7.11 Å². The Hall–Kier alpha value is -3.08. The monoisotopic (exact) mass is 481 g/mol. The maximum Gasteiger partial charge on any atom is 0.328 e. The van der Waals surface area contributed by atoms with E-state index >= 15 is 0 Å². The molecule has 0 aromatic heterocycles. The Balaban J connectivity index is 2.17. The van der Waals surface area contributed by atoms with Crippen LogP contribution in [0, 0.1) is 0 Å². The Morgan fingerprint density at radius 2 is 1.40 bits per heavy atom. The first-order valence-electron chi connectivity index (χ1n) is 12.8. The molecule has 0 spiro atoms. The fraction of sp³-hybridized carbons (Fsp3) is 0.467. The summed E-state index contributed by atoms with van der Waals surface area (Å²) in [5.74, 6) is -0.494. The summed E-state index contributed by atoms with van der Waals surface area (Å²) in [6.45, 7) is 2.23. The third kappa shape index (κ3) is 16.2. The molecule has 0 heterocycles. The summed E-state index contributed by atoms with van der Waals surface area (Å²) >= 11 is 0. The highest BCUT2D eigenvalue weighted by Crippen LogP contribution is 2.12. The number of hydrogen-bond donors (Lipinski definition) is 2. The topological polar surface area (TPSA) is 75.6 Å². The van der Waals surface area contributed by atoms with Gasteiger partial charge in [-0.05, 0) is 62.6 Å². The Labute approximate surface area is 211 Å². The van der Waals surface area contributed by atoms with Crippen LogP contribution in [0.5, 0.6) is 5.75 Å². The zero-order chi connectivity index (χ0) is 25.6. The van der Waals surface area contributed by atoms with E-state index < -0.39 is 12.0 Å². The lowest BCUT2D eigenvalue weighted by molar-refractivity contribution is -0.145. The number of unbranched alkanes of at least 4 members (excludes halogenated alkanes) is 4. The molecule has 1 aromatic rings. The average molecular weight is 482 g/mol. The van der Waals surface area contributed by atoms with Gasteiger partial charge in [0, 0.05) is 12.8 Å². The molecule has 1 atom stereocenters. The molecule has 5 nitrogen and oxygen atoms in total. The van der Waals surface area contributed by atoms with Crippen molar-refractivity contribution in [2.24, 2.45) is 0 Å². The van der Waals surface area contributed by atoms with Crippen molar-refractivity contribution in [1.29, 1.82) is 0 Å². The van der Waals surface area contributed by atoms with Crippen LogP contribution < -0.4 is 5.32 Å². The van der Waals surface area contributed by atoms with Crippen molar-refractivity contribution in [2.75, 3.05) is 7.11 Å². The number of carbonyl (C=O) groups is 2. The van der Waals surface area contributed by atoms with Gasteiger partial charge in [-0.1, -0.05) is 80.5 Å². The maximum absolute atomic E-state index is 12.3. The van der Waals surface area contributed by atoms with Gasteiger partial charge in [0.1, 0.15) is 11.8 Å². The van der Waals surface area contributed by atoms with Crippen molar-refractivity contribution in [3.05, 3.63) is 78.4 Å². The lowest BCUT2D eigenvalue weighted by atomic mass is 10.1. The fourth-order valence-electron chi connectivity index (χ4n) is 3.41. The lowest BCUT2D eigenvalue weighted by Gasteiger charge is -2.16. The molecule has 0 saturated carbocycles. The van der Waals surface area contributed by atoms with Crippen LogP contribution in [0.15, 0.2) is 72.9 Å². The van der Waals surface area contributed by atoms with Crippen molar-refractivity contribution in [3.8, 4) is 5.75 Å². The SMILES string of the molecule is CCCCC/C=C\C/C=C\C/C=C\C/C=C\CCCC(=O)N[C@@H](Cc1ccc(O)cc1)C(=O)OC. The summed E-state index contributed by atoms with van der Waals surface area (Å²) in [7, 11) is 1.31. The predicted molar refractivity (Wildman–Crippen MR) is 144 cm³/mol. The van der Waals surface area contributed by atoms with Gasteiger partial charge in [-0.3, -0.25) is 4.79 Å². The number of benzene rings is 1. The standard InChI is InChI=1S/C30H43NO4/c1-3-4-5-6-7-8-9-10-11-12-13-14-15-16-17-18-19-20-29(33)31-28(30(34)35-2)25-26-21-23-27(32)24-22-26/h7-8,10-11,13-14,16-17,21-24,28,32H,3-6,9,12,15,18-20,25H2,1-2H3,(H,31,33)/b8-7-,11-10-,14-13-,17-16-/t28-/m0/s1. The highest BCUT2D eigenvalue weighted by molar-refractivity contribution is 5.84. The highest BCUT2D eigenvalue weighted by Gasteiger charge is 2.21. The second-order valence-electron chi connectivity index (χ2n) is 8.49. The van der Waals surface area contributed by atoms with E-state index in [-0.39, 0.29) is 11.7 Å². The number of allylic oxidation sites excluding steroid dienone is 8. The summed E-state index contributed by atoms with van der Waals surface area (Å²) in [4.78, 5) is 24.3. The Morgan fingerprint density at radius 3 is 1.94 bits per heavy atom. The van der Waals surface area contributed by atoms with Crippen molar-refractivity contribution >= 4 is 11.9 Å². The molecule has 0 saturated heterocycles. The van der Waals surface area contributed by atoms with Gasteiger partial charge >= 0.3 is 5.97 Å². The Morgan fingerprint density at radius 1 is 0.857 bits per heavy atom. The quantitative estimate of drug-likeness (QED) is 0.138. The van der Waals surface area contributed by atoms with E-state index in [4.69, 9.17) is 4.74 Å². The van der Waals surface area contributed by atoms with Crippen molar-refractivity contribution in [1.82, 2.24) is 5.32 Å². The van der Waals surface area contributed by atoms with Crippen molar-refractivity contribution in [3.63, 3.8) is 0 Å². The third-order valence-corrected chi connectivity index (χ3v) is 5.43. The average Bonchev–Trinajstić information content (AvgIpc) is 2.86. The van der Waals surface area contributed by atoms with Crippen LogP contribution in [0.4, 0.5) is 0 Å². The van der Waals surface area contributed by atoms with Crippen LogP contribution in [0.25, 0.3) is 0 Å². The van der Waals surface area contributed by atoms with E-state index in [1.807, 2.05) is 0 Å². The number of phenols is 1. The van der Waals surface area contributed by atoms with Gasteiger partial charge in [0.15, 0.2) is 0 Å². The number of esters is 1. The maximum atomic E-state index is 12.3. The summed E-state index contributed by atoms with van der Waals surface area (Å²) in [5.41, 5.74) is 0.833. The molecule has 0 radical (unpaired) electrons. The molecule has 192 valence electrons. The molecular formula is C30H43NO4. The number of ether oxygens (including phenoxy) is 1. The number of nitrogens with one attached hydrogen (secondary N) is 1. The number of carbonyl (C=O) groups excluding carboxylic acids is 2. The molecular weight excluding hydrogens is 438 g/mol. The molecule has 1 amide bonds. The molecule has 1 aromatic carbocycles. The van der Waals surface area contributed by atoms with Crippen LogP contribution in [0.3, 0.4) is 0 Å². The zero-order valence-corrected chi connectivity index (χ0v) is 21.5. The normalized spacial score (nSPS) is 12.7. The Kier molecular flexibility index (Phi) is 17.4. The molecule has 5 heteroatoms. The number of amides is 1. The second kappa shape index (κ2) is 20.3.